The average molecular weight is 300 g/mol. The molecule has 0 aliphatic heterocycles. The van der Waals surface area contributed by atoms with Gasteiger partial charge in [0.2, 0.25) is 0 Å². The Morgan fingerprint density at radius 1 is 1.35 bits per heavy atom. The van der Waals surface area contributed by atoms with Crippen molar-refractivity contribution >= 4 is 15.9 Å². The van der Waals surface area contributed by atoms with Crippen LogP contribution < -0.4 is 5.32 Å². The lowest BCUT2D eigenvalue weighted by Crippen LogP contribution is -2.26. The van der Waals surface area contributed by atoms with Crippen molar-refractivity contribution in [2.24, 2.45) is 0 Å². The van der Waals surface area contributed by atoms with Crippen molar-refractivity contribution in [2.75, 3.05) is 19.8 Å². The van der Waals surface area contributed by atoms with E-state index in [1.807, 2.05) is 0 Å². The highest BCUT2D eigenvalue weighted by Gasteiger charge is 2.12. The number of hydrogen-bond acceptors (Lipinski definition) is 2. The van der Waals surface area contributed by atoms with Gasteiger partial charge in [-0.1, -0.05) is 35.8 Å². The molecule has 1 atom stereocenters. The number of aryl methyl sites for hydroxylation is 1. The van der Waals surface area contributed by atoms with Gasteiger partial charge in [-0.25, -0.2) is 0 Å². The molecule has 3 heteroatoms. The second kappa shape index (κ2) is 7.85. The molecular weight excluding hydrogens is 278 g/mol. The van der Waals surface area contributed by atoms with Crippen LogP contribution in [0.4, 0.5) is 0 Å². The van der Waals surface area contributed by atoms with Crippen LogP contribution in [0.3, 0.4) is 0 Å². The number of hydrogen-bond donors (Lipinski definition) is 1. The van der Waals surface area contributed by atoms with Gasteiger partial charge < -0.3 is 10.1 Å². The molecular formula is C14H22BrNO. The zero-order valence-corrected chi connectivity index (χ0v) is 12.5. The molecule has 0 spiro atoms. The van der Waals surface area contributed by atoms with Crippen molar-refractivity contribution in [1.82, 2.24) is 5.32 Å². The number of halogens is 1. The monoisotopic (exact) mass is 299 g/mol. The number of rotatable bonds is 7. The molecule has 0 saturated carbocycles. The first kappa shape index (κ1) is 14.7. The van der Waals surface area contributed by atoms with E-state index in [1.165, 1.54) is 11.1 Å². The zero-order chi connectivity index (χ0) is 12.7. The molecule has 0 aromatic heterocycles. The molecule has 96 valence electrons. The summed E-state index contributed by atoms with van der Waals surface area (Å²) in [6.45, 7) is 8.93. The molecule has 1 rings (SSSR count). The maximum Gasteiger partial charge on any atom is 0.0661 e. The van der Waals surface area contributed by atoms with Gasteiger partial charge in [0, 0.05) is 11.1 Å². The molecule has 0 saturated heterocycles. The molecule has 17 heavy (non-hydrogen) atoms. The molecule has 0 bridgehead atoms. The van der Waals surface area contributed by atoms with Crippen molar-refractivity contribution in [1.29, 1.82) is 0 Å². The Labute approximate surface area is 113 Å². The van der Waals surface area contributed by atoms with Gasteiger partial charge in [-0.3, -0.25) is 0 Å². The Bertz CT molecular complexity index is 341. The fraction of sp³-hybridized carbons (Fsp3) is 0.571. The molecule has 1 N–H and O–H groups in total. The zero-order valence-electron chi connectivity index (χ0n) is 10.9. The summed E-state index contributed by atoms with van der Waals surface area (Å²) < 4.78 is 6.79. The van der Waals surface area contributed by atoms with Gasteiger partial charge in [-0.05, 0) is 43.1 Å². The highest BCUT2D eigenvalue weighted by molar-refractivity contribution is 9.10. The minimum absolute atomic E-state index is 0.291. The molecule has 0 aliphatic carbocycles. The lowest BCUT2D eigenvalue weighted by Gasteiger charge is -2.20. The minimum atomic E-state index is 0.291. The van der Waals surface area contributed by atoms with Crippen LogP contribution in [-0.2, 0) is 4.74 Å². The predicted molar refractivity (Wildman–Crippen MR) is 76.4 cm³/mol. The van der Waals surface area contributed by atoms with Crippen LogP contribution in [0.5, 0.6) is 0 Å². The van der Waals surface area contributed by atoms with Crippen LogP contribution in [0.2, 0.25) is 0 Å². The smallest absolute Gasteiger partial charge is 0.0661 e. The molecule has 0 aliphatic rings. The fourth-order valence-electron chi connectivity index (χ4n) is 1.88. The predicted octanol–water partition coefficient (Wildman–Crippen LogP) is 3.83. The Morgan fingerprint density at radius 3 is 2.71 bits per heavy atom. The summed E-state index contributed by atoms with van der Waals surface area (Å²) in [5.41, 5.74) is 2.62. The number of nitrogens with one attached hydrogen (secondary N) is 1. The summed E-state index contributed by atoms with van der Waals surface area (Å²) in [7, 11) is 0. The van der Waals surface area contributed by atoms with E-state index < -0.39 is 0 Å². The molecule has 2 nitrogen and oxygen atoms in total. The van der Waals surface area contributed by atoms with E-state index in [0.717, 1.165) is 30.7 Å². The van der Waals surface area contributed by atoms with Gasteiger partial charge in [0.1, 0.15) is 0 Å². The first-order valence-corrected chi connectivity index (χ1v) is 7.05. The third-order valence-corrected chi connectivity index (χ3v) is 3.18. The van der Waals surface area contributed by atoms with Crippen molar-refractivity contribution in [3.8, 4) is 0 Å². The van der Waals surface area contributed by atoms with Crippen LogP contribution in [0.15, 0.2) is 22.7 Å². The van der Waals surface area contributed by atoms with Crippen LogP contribution in [0, 0.1) is 6.92 Å². The van der Waals surface area contributed by atoms with E-state index >= 15 is 0 Å². The van der Waals surface area contributed by atoms with E-state index in [-0.39, 0.29) is 0 Å². The van der Waals surface area contributed by atoms with Crippen LogP contribution in [-0.4, -0.2) is 19.8 Å². The van der Waals surface area contributed by atoms with Gasteiger partial charge in [-0.15, -0.1) is 0 Å². The number of ether oxygens (including phenoxy) is 1. The molecule has 1 unspecified atom stereocenters. The van der Waals surface area contributed by atoms with E-state index in [0.29, 0.717) is 6.04 Å². The lowest BCUT2D eigenvalue weighted by molar-refractivity contribution is 0.112. The first-order chi connectivity index (χ1) is 8.19. The molecule has 1 aromatic carbocycles. The lowest BCUT2D eigenvalue weighted by atomic mass is 10.0. The average Bonchev–Trinajstić information content (AvgIpc) is 2.28. The molecule has 0 amide bonds. The topological polar surface area (TPSA) is 21.3 Å². The molecule has 0 radical (unpaired) electrons. The maximum absolute atomic E-state index is 5.66. The Balaban J connectivity index is 2.74. The minimum Gasteiger partial charge on any atom is -0.379 e. The number of benzene rings is 1. The van der Waals surface area contributed by atoms with Crippen molar-refractivity contribution in [3.63, 3.8) is 0 Å². The van der Waals surface area contributed by atoms with E-state index in [4.69, 9.17) is 4.74 Å². The maximum atomic E-state index is 5.66. The second-order valence-corrected chi connectivity index (χ2v) is 5.10. The standard InChI is InChI=1S/C14H22BrNO/c1-4-8-17-10-14(16-5-2)13-7-6-12(15)9-11(13)3/h6-7,9,14,16H,4-5,8,10H2,1-3H3. The van der Waals surface area contributed by atoms with Gasteiger partial charge >= 0.3 is 0 Å². The van der Waals surface area contributed by atoms with Crippen LogP contribution in [0.1, 0.15) is 37.4 Å². The summed E-state index contributed by atoms with van der Waals surface area (Å²) in [4.78, 5) is 0. The number of likely N-dealkylation sites (N-methyl/N-ethyl adjacent to an activating group) is 1. The van der Waals surface area contributed by atoms with Gasteiger partial charge in [0.25, 0.3) is 0 Å². The van der Waals surface area contributed by atoms with Gasteiger partial charge in [0.05, 0.1) is 12.6 Å². The third kappa shape index (κ3) is 4.78. The summed E-state index contributed by atoms with van der Waals surface area (Å²) in [5.74, 6) is 0. The summed E-state index contributed by atoms with van der Waals surface area (Å²) in [5, 5.41) is 3.48. The normalized spacial score (nSPS) is 12.7. The van der Waals surface area contributed by atoms with Crippen molar-refractivity contribution in [2.45, 2.75) is 33.2 Å². The second-order valence-electron chi connectivity index (χ2n) is 4.19. The summed E-state index contributed by atoms with van der Waals surface area (Å²) >= 11 is 3.50. The Kier molecular flexibility index (Phi) is 6.78. The highest BCUT2D eigenvalue weighted by atomic mass is 79.9. The fourth-order valence-corrected chi connectivity index (χ4v) is 2.36. The van der Waals surface area contributed by atoms with E-state index in [2.05, 4.69) is 60.2 Å². The quantitative estimate of drug-likeness (QED) is 0.773. The highest BCUT2D eigenvalue weighted by Crippen LogP contribution is 2.22. The SMILES string of the molecule is CCCOCC(NCC)c1ccc(Br)cc1C. The van der Waals surface area contributed by atoms with Crippen LogP contribution >= 0.6 is 15.9 Å². The largest absolute Gasteiger partial charge is 0.379 e. The summed E-state index contributed by atoms with van der Waals surface area (Å²) in [6.07, 6.45) is 1.07. The van der Waals surface area contributed by atoms with Crippen molar-refractivity contribution in [3.05, 3.63) is 33.8 Å². The Hall–Kier alpha value is -0.380. The van der Waals surface area contributed by atoms with Gasteiger partial charge in [0.15, 0.2) is 0 Å². The summed E-state index contributed by atoms with van der Waals surface area (Å²) in [6, 6.07) is 6.70. The third-order valence-electron chi connectivity index (χ3n) is 2.69. The molecule has 1 aromatic rings. The van der Waals surface area contributed by atoms with Crippen molar-refractivity contribution < 1.29 is 4.74 Å². The van der Waals surface area contributed by atoms with E-state index in [1.54, 1.807) is 0 Å². The van der Waals surface area contributed by atoms with E-state index in [9.17, 15) is 0 Å². The molecule has 0 fully saturated rings. The first-order valence-electron chi connectivity index (χ1n) is 6.26. The van der Waals surface area contributed by atoms with Crippen LogP contribution in [0.25, 0.3) is 0 Å². The molecule has 0 heterocycles. The van der Waals surface area contributed by atoms with Gasteiger partial charge in [-0.2, -0.15) is 0 Å². The Morgan fingerprint density at radius 2 is 2.12 bits per heavy atom.